The van der Waals surface area contributed by atoms with Gasteiger partial charge in [0.25, 0.3) is 0 Å². The zero-order valence-corrected chi connectivity index (χ0v) is 10.6. The number of halogens is 1. The molecule has 0 amide bonds. The van der Waals surface area contributed by atoms with Gasteiger partial charge in [-0.1, -0.05) is 26.8 Å². The second-order valence-corrected chi connectivity index (χ2v) is 4.98. The summed E-state index contributed by atoms with van der Waals surface area (Å²) in [7, 11) is 3.38. The van der Waals surface area contributed by atoms with Crippen LogP contribution in [0, 0.1) is 11.2 Å². The fraction of sp³-hybridized carbons (Fsp3) is 0.538. The molecule has 0 radical (unpaired) electrons. The first-order valence-electron chi connectivity index (χ1n) is 5.41. The smallest absolute Gasteiger partial charge is 0.131 e. The van der Waals surface area contributed by atoms with Gasteiger partial charge in [0, 0.05) is 17.7 Å². The Hall–Kier alpha value is -1.09. The maximum absolute atomic E-state index is 13.9. The third kappa shape index (κ3) is 2.73. The van der Waals surface area contributed by atoms with E-state index in [2.05, 4.69) is 26.1 Å². The zero-order chi connectivity index (χ0) is 12.3. The van der Waals surface area contributed by atoms with Crippen molar-refractivity contribution in [2.45, 2.75) is 26.8 Å². The molecule has 3 heteroatoms. The van der Waals surface area contributed by atoms with Crippen molar-refractivity contribution >= 4 is 0 Å². The first kappa shape index (κ1) is 13.0. The van der Waals surface area contributed by atoms with E-state index in [0.717, 1.165) is 0 Å². The predicted molar refractivity (Wildman–Crippen MR) is 64.2 cm³/mol. The van der Waals surface area contributed by atoms with Gasteiger partial charge in [-0.25, -0.2) is 4.39 Å². The van der Waals surface area contributed by atoms with Crippen molar-refractivity contribution in [1.29, 1.82) is 0 Å². The molecule has 0 fully saturated rings. The number of rotatable bonds is 3. The molecule has 0 aliphatic carbocycles. The zero-order valence-electron chi connectivity index (χ0n) is 10.6. The summed E-state index contributed by atoms with van der Waals surface area (Å²) in [6, 6.07) is 4.97. The van der Waals surface area contributed by atoms with Crippen LogP contribution in [0.3, 0.4) is 0 Å². The Balaban J connectivity index is 3.12. The van der Waals surface area contributed by atoms with Crippen molar-refractivity contribution in [1.82, 2.24) is 5.32 Å². The van der Waals surface area contributed by atoms with Gasteiger partial charge in [-0.05, 0) is 18.5 Å². The van der Waals surface area contributed by atoms with Crippen molar-refractivity contribution in [2.24, 2.45) is 5.41 Å². The van der Waals surface area contributed by atoms with Crippen molar-refractivity contribution in [3.05, 3.63) is 29.6 Å². The average molecular weight is 225 g/mol. The summed E-state index contributed by atoms with van der Waals surface area (Å²) in [4.78, 5) is 0. The van der Waals surface area contributed by atoms with Crippen LogP contribution in [-0.4, -0.2) is 14.2 Å². The molecular formula is C13H20FNO. The molecule has 1 atom stereocenters. The van der Waals surface area contributed by atoms with E-state index in [9.17, 15) is 4.39 Å². The highest BCUT2D eigenvalue weighted by atomic mass is 19.1. The lowest BCUT2D eigenvalue weighted by Gasteiger charge is -2.31. The van der Waals surface area contributed by atoms with Gasteiger partial charge in [-0.2, -0.15) is 0 Å². The lowest BCUT2D eigenvalue weighted by atomic mass is 9.82. The van der Waals surface area contributed by atoms with Crippen LogP contribution >= 0.6 is 0 Å². The Labute approximate surface area is 96.8 Å². The van der Waals surface area contributed by atoms with Gasteiger partial charge in [0.1, 0.15) is 11.6 Å². The van der Waals surface area contributed by atoms with Crippen molar-refractivity contribution < 1.29 is 9.13 Å². The normalized spacial score (nSPS) is 13.6. The molecule has 1 N–H and O–H groups in total. The second-order valence-electron chi connectivity index (χ2n) is 4.98. The van der Waals surface area contributed by atoms with Crippen LogP contribution in [0.1, 0.15) is 32.4 Å². The van der Waals surface area contributed by atoms with E-state index in [1.807, 2.05) is 7.05 Å². The molecular weight excluding hydrogens is 205 g/mol. The fourth-order valence-electron chi connectivity index (χ4n) is 1.92. The summed E-state index contributed by atoms with van der Waals surface area (Å²) >= 11 is 0. The molecule has 0 saturated carbocycles. The lowest BCUT2D eigenvalue weighted by molar-refractivity contribution is 0.279. The van der Waals surface area contributed by atoms with Gasteiger partial charge in [0.2, 0.25) is 0 Å². The van der Waals surface area contributed by atoms with Crippen LogP contribution in [0.5, 0.6) is 5.75 Å². The molecule has 0 aliphatic heterocycles. The predicted octanol–water partition coefficient (Wildman–Crippen LogP) is 3.14. The van der Waals surface area contributed by atoms with Crippen LogP contribution in [0.2, 0.25) is 0 Å². The van der Waals surface area contributed by atoms with Crippen LogP contribution in [0.4, 0.5) is 4.39 Å². The number of ether oxygens (including phenoxy) is 1. The number of methoxy groups -OCH3 is 1. The van der Waals surface area contributed by atoms with Gasteiger partial charge in [-0.15, -0.1) is 0 Å². The molecule has 1 aromatic carbocycles. The molecule has 1 aromatic rings. The Morgan fingerprint density at radius 2 is 1.94 bits per heavy atom. The minimum atomic E-state index is -0.228. The number of hydrogen-bond donors (Lipinski definition) is 1. The molecule has 0 spiro atoms. The summed E-state index contributed by atoms with van der Waals surface area (Å²) in [5, 5.41) is 3.16. The fourth-order valence-corrected chi connectivity index (χ4v) is 1.92. The van der Waals surface area contributed by atoms with Crippen LogP contribution in [-0.2, 0) is 0 Å². The van der Waals surface area contributed by atoms with Gasteiger partial charge in [-0.3, -0.25) is 0 Å². The number of nitrogens with one attached hydrogen (secondary N) is 1. The topological polar surface area (TPSA) is 21.3 Å². The molecule has 0 bridgehead atoms. The van der Waals surface area contributed by atoms with Crippen LogP contribution in [0.25, 0.3) is 0 Å². The first-order valence-corrected chi connectivity index (χ1v) is 5.41. The molecule has 1 rings (SSSR count). The quantitative estimate of drug-likeness (QED) is 0.853. The van der Waals surface area contributed by atoms with E-state index >= 15 is 0 Å². The van der Waals surface area contributed by atoms with Gasteiger partial charge >= 0.3 is 0 Å². The number of benzene rings is 1. The molecule has 0 aliphatic rings. The molecule has 1 unspecified atom stereocenters. The maximum atomic E-state index is 13.9. The summed E-state index contributed by atoms with van der Waals surface area (Å²) < 4.78 is 18.9. The van der Waals surface area contributed by atoms with E-state index in [4.69, 9.17) is 4.74 Å². The van der Waals surface area contributed by atoms with E-state index in [0.29, 0.717) is 11.3 Å². The van der Waals surface area contributed by atoms with Gasteiger partial charge < -0.3 is 10.1 Å². The SMILES string of the molecule is CNC(c1ccc(OC)cc1F)C(C)(C)C. The lowest BCUT2D eigenvalue weighted by Crippen LogP contribution is -2.30. The van der Waals surface area contributed by atoms with Crippen LogP contribution in [0.15, 0.2) is 18.2 Å². The third-order valence-electron chi connectivity index (χ3n) is 2.67. The Morgan fingerprint density at radius 3 is 2.31 bits per heavy atom. The molecule has 0 saturated heterocycles. The highest BCUT2D eigenvalue weighted by Crippen LogP contribution is 2.34. The average Bonchev–Trinajstić information content (AvgIpc) is 2.19. The Morgan fingerprint density at radius 1 is 1.31 bits per heavy atom. The number of hydrogen-bond acceptors (Lipinski definition) is 2. The van der Waals surface area contributed by atoms with Crippen molar-refractivity contribution in [3.8, 4) is 5.75 Å². The summed E-state index contributed by atoms with van der Waals surface area (Å²) in [5.41, 5.74) is 0.639. The van der Waals surface area contributed by atoms with Crippen molar-refractivity contribution in [2.75, 3.05) is 14.2 Å². The molecule has 16 heavy (non-hydrogen) atoms. The Bertz CT molecular complexity index is 357. The van der Waals surface area contributed by atoms with E-state index < -0.39 is 0 Å². The summed E-state index contributed by atoms with van der Waals surface area (Å²) in [6.45, 7) is 6.24. The highest BCUT2D eigenvalue weighted by molar-refractivity contribution is 5.31. The highest BCUT2D eigenvalue weighted by Gasteiger charge is 2.27. The monoisotopic (exact) mass is 225 g/mol. The largest absolute Gasteiger partial charge is 0.497 e. The minimum absolute atomic E-state index is 0.0154. The third-order valence-corrected chi connectivity index (χ3v) is 2.67. The van der Waals surface area contributed by atoms with Crippen molar-refractivity contribution in [3.63, 3.8) is 0 Å². The summed E-state index contributed by atoms with van der Waals surface area (Å²) in [6.07, 6.45) is 0. The molecule has 0 heterocycles. The van der Waals surface area contributed by atoms with E-state index in [-0.39, 0.29) is 17.3 Å². The summed E-state index contributed by atoms with van der Waals surface area (Å²) in [5.74, 6) is 0.318. The first-order chi connectivity index (χ1) is 7.40. The minimum Gasteiger partial charge on any atom is -0.497 e. The van der Waals surface area contributed by atoms with Crippen LogP contribution < -0.4 is 10.1 Å². The standard InChI is InChI=1S/C13H20FNO/c1-13(2,3)12(15-4)10-7-6-9(16-5)8-11(10)14/h6-8,12,15H,1-5H3. The second kappa shape index (κ2) is 4.83. The Kier molecular flexibility index (Phi) is 3.92. The van der Waals surface area contributed by atoms with Gasteiger partial charge in [0.15, 0.2) is 0 Å². The van der Waals surface area contributed by atoms with Gasteiger partial charge in [0.05, 0.1) is 7.11 Å². The maximum Gasteiger partial charge on any atom is 0.131 e. The molecule has 2 nitrogen and oxygen atoms in total. The van der Waals surface area contributed by atoms with E-state index in [1.54, 1.807) is 12.1 Å². The van der Waals surface area contributed by atoms with E-state index in [1.165, 1.54) is 13.2 Å². The molecule has 0 aromatic heterocycles. The molecule has 90 valence electrons.